The highest BCUT2D eigenvalue weighted by molar-refractivity contribution is 6.52. The minimum absolute atomic E-state index is 0.0137. The van der Waals surface area contributed by atoms with Crippen molar-refractivity contribution in [3.63, 3.8) is 0 Å². The molecule has 80 valence electrons. The molecular weight excluding hydrogens is 204 g/mol. The van der Waals surface area contributed by atoms with E-state index in [0.29, 0.717) is 23.5 Å². The molecule has 3 rings (SSSR count). The number of Topliss-reactive ketones (excluding diaryl/α,β-unsaturated/α-hetero) is 2. The second-order valence-electron chi connectivity index (χ2n) is 4.16. The number of fused-ring (bicyclic) bond motifs is 2. The third kappa shape index (κ3) is 1.03. The molecule has 0 saturated carbocycles. The van der Waals surface area contributed by atoms with Crippen LogP contribution in [0.3, 0.4) is 0 Å². The van der Waals surface area contributed by atoms with E-state index in [0.717, 1.165) is 5.56 Å². The van der Waals surface area contributed by atoms with Gasteiger partial charge in [-0.05, 0) is 0 Å². The molecule has 3 nitrogen and oxygen atoms in total. The average molecular weight is 214 g/mol. The van der Waals surface area contributed by atoms with E-state index in [9.17, 15) is 9.59 Å². The first kappa shape index (κ1) is 9.33. The fourth-order valence-electron chi connectivity index (χ4n) is 2.27. The summed E-state index contributed by atoms with van der Waals surface area (Å²) in [5.41, 5.74) is 1.76. The first-order chi connectivity index (χ1) is 7.70. The van der Waals surface area contributed by atoms with Crippen LogP contribution in [0.15, 0.2) is 29.8 Å². The standard InChI is InChI=1S/C13H10O3/c1-7-6-16-13-9-5-3-2-4-8(9)11(14)12(15)10(7)13/h2-5,7H,6H2,1H3. The van der Waals surface area contributed by atoms with E-state index in [1.807, 2.05) is 19.1 Å². The predicted molar refractivity (Wildman–Crippen MR) is 57.8 cm³/mol. The normalized spacial score (nSPS) is 22.9. The van der Waals surface area contributed by atoms with Crippen LogP contribution in [0.4, 0.5) is 0 Å². The van der Waals surface area contributed by atoms with Crippen molar-refractivity contribution in [1.82, 2.24) is 0 Å². The van der Waals surface area contributed by atoms with Gasteiger partial charge in [0.05, 0.1) is 12.2 Å². The largest absolute Gasteiger partial charge is 0.492 e. The summed E-state index contributed by atoms with van der Waals surface area (Å²) in [6.45, 7) is 2.39. The Hall–Kier alpha value is -1.90. The summed E-state index contributed by atoms with van der Waals surface area (Å²) in [5, 5.41) is 0. The Morgan fingerprint density at radius 3 is 2.56 bits per heavy atom. The zero-order valence-electron chi connectivity index (χ0n) is 8.82. The summed E-state index contributed by atoms with van der Waals surface area (Å²) in [5.74, 6) is -0.196. The van der Waals surface area contributed by atoms with Gasteiger partial charge in [-0.25, -0.2) is 0 Å². The van der Waals surface area contributed by atoms with Crippen LogP contribution < -0.4 is 0 Å². The molecule has 0 amide bonds. The molecule has 1 atom stereocenters. The van der Waals surface area contributed by atoms with Crippen molar-refractivity contribution in [3.8, 4) is 0 Å². The van der Waals surface area contributed by atoms with E-state index < -0.39 is 11.6 Å². The number of carbonyl (C=O) groups is 2. The lowest BCUT2D eigenvalue weighted by molar-refractivity contribution is -0.112. The number of ether oxygens (including phenoxy) is 1. The molecular formula is C13H10O3. The summed E-state index contributed by atoms with van der Waals surface area (Å²) in [6, 6.07) is 7.10. The molecule has 1 unspecified atom stereocenters. The van der Waals surface area contributed by atoms with Crippen LogP contribution in [0.5, 0.6) is 0 Å². The molecule has 0 bridgehead atoms. The minimum Gasteiger partial charge on any atom is -0.492 e. The van der Waals surface area contributed by atoms with Crippen LogP contribution in [-0.4, -0.2) is 18.2 Å². The highest BCUT2D eigenvalue weighted by Gasteiger charge is 2.39. The maximum absolute atomic E-state index is 11.9. The molecule has 0 aromatic heterocycles. The maximum atomic E-state index is 11.9. The monoisotopic (exact) mass is 214 g/mol. The summed E-state index contributed by atoms with van der Waals surface area (Å²) < 4.78 is 5.52. The van der Waals surface area contributed by atoms with Gasteiger partial charge in [0.2, 0.25) is 11.6 Å². The van der Waals surface area contributed by atoms with E-state index in [2.05, 4.69) is 0 Å². The van der Waals surface area contributed by atoms with Crippen LogP contribution in [0.25, 0.3) is 5.76 Å². The first-order valence-corrected chi connectivity index (χ1v) is 5.25. The highest BCUT2D eigenvalue weighted by Crippen LogP contribution is 2.38. The van der Waals surface area contributed by atoms with Gasteiger partial charge in [-0.15, -0.1) is 0 Å². The van der Waals surface area contributed by atoms with E-state index in [1.165, 1.54) is 0 Å². The van der Waals surface area contributed by atoms with Crippen LogP contribution in [0.1, 0.15) is 22.8 Å². The Morgan fingerprint density at radius 1 is 1.12 bits per heavy atom. The zero-order valence-corrected chi connectivity index (χ0v) is 8.82. The maximum Gasteiger partial charge on any atom is 0.234 e. The summed E-state index contributed by atoms with van der Waals surface area (Å²) in [6.07, 6.45) is 0. The number of hydrogen-bond acceptors (Lipinski definition) is 3. The van der Waals surface area contributed by atoms with E-state index in [4.69, 9.17) is 4.74 Å². The zero-order chi connectivity index (χ0) is 11.3. The first-order valence-electron chi connectivity index (χ1n) is 5.25. The second-order valence-corrected chi connectivity index (χ2v) is 4.16. The van der Waals surface area contributed by atoms with Gasteiger partial charge in [0, 0.05) is 17.0 Å². The average Bonchev–Trinajstić information content (AvgIpc) is 2.69. The number of rotatable bonds is 0. The Bertz CT molecular complexity index is 540. The molecule has 0 saturated heterocycles. The molecule has 1 aliphatic carbocycles. The van der Waals surface area contributed by atoms with Crippen LogP contribution >= 0.6 is 0 Å². The van der Waals surface area contributed by atoms with E-state index in [1.54, 1.807) is 12.1 Å². The lowest BCUT2D eigenvalue weighted by atomic mass is 9.85. The third-order valence-electron chi connectivity index (χ3n) is 3.08. The summed E-state index contributed by atoms with van der Waals surface area (Å²) in [7, 11) is 0. The Morgan fingerprint density at radius 2 is 1.81 bits per heavy atom. The van der Waals surface area contributed by atoms with Gasteiger partial charge in [0.15, 0.2) is 0 Å². The van der Waals surface area contributed by atoms with Gasteiger partial charge >= 0.3 is 0 Å². The molecule has 16 heavy (non-hydrogen) atoms. The van der Waals surface area contributed by atoms with Gasteiger partial charge in [0.25, 0.3) is 0 Å². The molecule has 1 aromatic rings. The molecule has 0 radical (unpaired) electrons. The molecule has 0 fully saturated rings. The Labute approximate surface area is 92.7 Å². The minimum atomic E-state index is -0.410. The number of carbonyl (C=O) groups excluding carboxylic acids is 2. The van der Waals surface area contributed by atoms with Crippen molar-refractivity contribution in [2.75, 3.05) is 6.61 Å². The van der Waals surface area contributed by atoms with Crippen LogP contribution in [0.2, 0.25) is 0 Å². The topological polar surface area (TPSA) is 43.4 Å². The third-order valence-corrected chi connectivity index (χ3v) is 3.08. The van der Waals surface area contributed by atoms with Crippen molar-refractivity contribution in [3.05, 3.63) is 41.0 Å². The van der Waals surface area contributed by atoms with Crippen LogP contribution in [0, 0.1) is 5.92 Å². The Balaban J connectivity index is 2.31. The van der Waals surface area contributed by atoms with Crippen molar-refractivity contribution in [2.24, 2.45) is 5.92 Å². The predicted octanol–water partition coefficient (Wildman–Crippen LogP) is 1.83. The van der Waals surface area contributed by atoms with Gasteiger partial charge in [-0.1, -0.05) is 31.2 Å². The molecule has 1 heterocycles. The number of ketones is 2. The molecule has 1 aliphatic heterocycles. The molecule has 0 N–H and O–H groups in total. The SMILES string of the molecule is CC1COC2=C1C(=O)C(=O)c1ccccc12. The van der Waals surface area contributed by atoms with Crippen molar-refractivity contribution >= 4 is 17.3 Å². The molecule has 3 heteroatoms. The van der Waals surface area contributed by atoms with Gasteiger partial charge in [-0.2, -0.15) is 0 Å². The van der Waals surface area contributed by atoms with E-state index >= 15 is 0 Å². The summed E-state index contributed by atoms with van der Waals surface area (Å²) >= 11 is 0. The fraction of sp³-hybridized carbons (Fsp3) is 0.231. The number of benzene rings is 1. The lowest BCUT2D eigenvalue weighted by Crippen LogP contribution is -2.24. The van der Waals surface area contributed by atoms with Gasteiger partial charge in [0.1, 0.15) is 5.76 Å². The Kier molecular flexibility index (Phi) is 1.78. The van der Waals surface area contributed by atoms with Crippen molar-refractivity contribution in [2.45, 2.75) is 6.92 Å². The second kappa shape index (κ2) is 3.04. The van der Waals surface area contributed by atoms with Crippen molar-refractivity contribution < 1.29 is 14.3 Å². The highest BCUT2D eigenvalue weighted by atomic mass is 16.5. The van der Waals surface area contributed by atoms with E-state index in [-0.39, 0.29) is 5.92 Å². The van der Waals surface area contributed by atoms with Gasteiger partial charge in [-0.3, -0.25) is 9.59 Å². The lowest BCUT2D eigenvalue weighted by Gasteiger charge is -2.15. The van der Waals surface area contributed by atoms with Crippen LogP contribution in [-0.2, 0) is 9.53 Å². The van der Waals surface area contributed by atoms with Crippen molar-refractivity contribution in [1.29, 1.82) is 0 Å². The van der Waals surface area contributed by atoms with Gasteiger partial charge < -0.3 is 4.74 Å². The molecule has 0 spiro atoms. The quantitative estimate of drug-likeness (QED) is 0.619. The molecule has 2 aliphatic rings. The fourth-order valence-corrected chi connectivity index (χ4v) is 2.27. The molecule has 1 aromatic carbocycles. The number of hydrogen-bond donors (Lipinski definition) is 0. The summed E-state index contributed by atoms with van der Waals surface area (Å²) in [4.78, 5) is 23.8. The smallest absolute Gasteiger partial charge is 0.234 e.